The first kappa shape index (κ1) is 27.4. The summed E-state index contributed by atoms with van der Waals surface area (Å²) in [5.74, 6) is -0.899. The maximum absolute atomic E-state index is 15.1. The Morgan fingerprint density at radius 3 is 2.44 bits per heavy atom. The molecule has 1 unspecified atom stereocenters. The monoisotopic (exact) mass is 542 g/mol. The van der Waals surface area contributed by atoms with Crippen molar-refractivity contribution in [2.45, 2.75) is 12.5 Å². The Balaban J connectivity index is 0.00000361. The Labute approximate surface area is 217 Å². The van der Waals surface area contributed by atoms with Crippen LogP contribution in [0.4, 0.5) is 20.5 Å². The zero-order valence-corrected chi connectivity index (χ0v) is 21.2. The normalized spacial score (nSPS) is 14.4. The van der Waals surface area contributed by atoms with Gasteiger partial charge in [0.15, 0.2) is 17.3 Å². The van der Waals surface area contributed by atoms with E-state index < -0.39 is 17.7 Å². The number of amides is 1. The molecular weight excluding hydrogens is 517 g/mol. The van der Waals surface area contributed by atoms with Crippen molar-refractivity contribution in [2.75, 3.05) is 51.0 Å². The first-order valence-electron chi connectivity index (χ1n) is 10.8. The highest BCUT2D eigenvalue weighted by Crippen LogP contribution is 2.37. The number of fused-ring (bicyclic) bond motifs is 1. The van der Waals surface area contributed by atoms with Crippen LogP contribution < -0.4 is 25.8 Å². The van der Waals surface area contributed by atoms with Gasteiger partial charge in [-0.1, -0.05) is 17.7 Å². The molecular formula is C23H26Cl2F2N6O3. The topological polar surface area (TPSA) is 120 Å². The van der Waals surface area contributed by atoms with E-state index in [0.717, 1.165) is 0 Å². The highest BCUT2D eigenvalue weighted by Gasteiger charge is 2.26. The van der Waals surface area contributed by atoms with Crippen molar-refractivity contribution in [3.8, 4) is 11.5 Å². The molecule has 0 spiro atoms. The molecule has 1 fully saturated rings. The molecule has 2 heterocycles. The van der Waals surface area contributed by atoms with Crippen LogP contribution in [0.5, 0.6) is 11.5 Å². The van der Waals surface area contributed by atoms with Gasteiger partial charge in [-0.05, 0) is 23.8 Å². The smallest absolute Gasteiger partial charge is 0.228 e. The number of rotatable bonds is 6. The van der Waals surface area contributed by atoms with E-state index in [9.17, 15) is 9.18 Å². The van der Waals surface area contributed by atoms with Gasteiger partial charge in [-0.25, -0.2) is 13.8 Å². The number of methoxy groups -OCH3 is 2. The number of nitrogens with two attached hydrogens (primary N) is 2. The lowest BCUT2D eigenvalue weighted by Crippen LogP contribution is -2.49. The van der Waals surface area contributed by atoms with Gasteiger partial charge in [0.05, 0.1) is 19.2 Å². The van der Waals surface area contributed by atoms with Crippen molar-refractivity contribution in [1.29, 1.82) is 0 Å². The molecule has 36 heavy (non-hydrogen) atoms. The minimum Gasteiger partial charge on any atom is -0.493 e. The van der Waals surface area contributed by atoms with E-state index in [4.69, 9.17) is 32.5 Å². The Morgan fingerprint density at radius 2 is 1.83 bits per heavy atom. The molecule has 1 saturated heterocycles. The van der Waals surface area contributed by atoms with Crippen LogP contribution in [0.3, 0.4) is 0 Å². The third-order valence-corrected chi connectivity index (χ3v) is 6.27. The summed E-state index contributed by atoms with van der Waals surface area (Å²) in [6.45, 7) is 1.63. The van der Waals surface area contributed by atoms with Crippen LogP contribution in [0.15, 0.2) is 24.3 Å². The predicted molar refractivity (Wildman–Crippen MR) is 136 cm³/mol. The predicted octanol–water partition coefficient (Wildman–Crippen LogP) is 3.32. The molecule has 1 amide bonds. The standard InChI is InChI=1S/C23H25ClF2N6O3.ClH/c1-34-17-10-13-20(19(26)21(17)35-2)29-23(30-22(13)28)32-7-5-31(6-8-32)18(33)11-16(27)12-3-4-15(25)14(24)9-12;/h3-4,9-10,16H,5-8,11,27H2,1-2H3,(H2,28,29,30);1H. The summed E-state index contributed by atoms with van der Waals surface area (Å²) in [6.07, 6.45) is 0.0498. The van der Waals surface area contributed by atoms with E-state index in [-0.39, 0.29) is 58.5 Å². The maximum Gasteiger partial charge on any atom is 0.228 e. The molecule has 3 aromatic rings. The SMILES string of the molecule is COc1cc2c(N)nc(N3CCN(C(=O)CC(N)c4ccc(F)c(Cl)c4)CC3)nc2c(F)c1OC.Cl. The van der Waals surface area contributed by atoms with Crippen molar-refractivity contribution in [3.63, 3.8) is 0 Å². The first-order chi connectivity index (χ1) is 16.7. The van der Waals surface area contributed by atoms with Gasteiger partial charge >= 0.3 is 0 Å². The number of carbonyl (C=O) groups is 1. The number of hydrogen-bond donors (Lipinski definition) is 2. The van der Waals surface area contributed by atoms with Crippen molar-refractivity contribution in [3.05, 3.63) is 46.5 Å². The van der Waals surface area contributed by atoms with Gasteiger partial charge in [0, 0.05) is 44.0 Å². The number of benzene rings is 2. The van der Waals surface area contributed by atoms with Crippen molar-refractivity contribution in [2.24, 2.45) is 5.73 Å². The third-order valence-electron chi connectivity index (χ3n) is 5.98. The molecule has 194 valence electrons. The molecule has 9 nitrogen and oxygen atoms in total. The second-order valence-corrected chi connectivity index (χ2v) is 8.49. The molecule has 2 aromatic carbocycles. The fourth-order valence-corrected chi connectivity index (χ4v) is 4.20. The van der Waals surface area contributed by atoms with Crippen molar-refractivity contribution in [1.82, 2.24) is 14.9 Å². The number of halogens is 4. The summed E-state index contributed by atoms with van der Waals surface area (Å²) in [7, 11) is 2.74. The van der Waals surface area contributed by atoms with Crippen LogP contribution in [0.25, 0.3) is 10.9 Å². The van der Waals surface area contributed by atoms with Gasteiger partial charge < -0.3 is 30.7 Å². The molecule has 0 bridgehead atoms. The second-order valence-electron chi connectivity index (χ2n) is 8.08. The Bertz CT molecular complexity index is 1270. The molecule has 4 N–H and O–H groups in total. The summed E-state index contributed by atoms with van der Waals surface area (Å²) in [4.78, 5) is 25.0. The Morgan fingerprint density at radius 1 is 1.14 bits per heavy atom. The van der Waals surface area contributed by atoms with E-state index in [2.05, 4.69) is 9.97 Å². The van der Waals surface area contributed by atoms with Gasteiger partial charge in [-0.2, -0.15) is 4.98 Å². The quantitative estimate of drug-likeness (QED) is 0.486. The van der Waals surface area contributed by atoms with Crippen LogP contribution >= 0.6 is 24.0 Å². The van der Waals surface area contributed by atoms with Crippen LogP contribution in [-0.4, -0.2) is 61.2 Å². The molecule has 1 aliphatic rings. The minimum atomic E-state index is -0.694. The van der Waals surface area contributed by atoms with E-state index in [1.807, 2.05) is 4.90 Å². The fraction of sp³-hybridized carbons (Fsp3) is 0.348. The molecule has 0 aliphatic carbocycles. The van der Waals surface area contributed by atoms with Gasteiger partial charge in [-0.15, -0.1) is 12.4 Å². The lowest BCUT2D eigenvalue weighted by atomic mass is 10.0. The van der Waals surface area contributed by atoms with Crippen LogP contribution in [0.1, 0.15) is 18.0 Å². The molecule has 1 atom stereocenters. The van der Waals surface area contributed by atoms with Gasteiger partial charge in [-0.3, -0.25) is 4.79 Å². The average Bonchev–Trinajstić information content (AvgIpc) is 2.85. The highest BCUT2D eigenvalue weighted by molar-refractivity contribution is 6.30. The number of hydrogen-bond acceptors (Lipinski definition) is 8. The van der Waals surface area contributed by atoms with Gasteiger partial charge in [0.2, 0.25) is 11.9 Å². The van der Waals surface area contributed by atoms with Crippen molar-refractivity contribution < 1.29 is 23.0 Å². The minimum absolute atomic E-state index is 0. The molecule has 1 aliphatic heterocycles. The summed E-state index contributed by atoms with van der Waals surface area (Å²) in [5.41, 5.74) is 12.8. The number of nitrogens with zero attached hydrogens (tertiary/aromatic N) is 4. The number of anilines is 2. The summed E-state index contributed by atoms with van der Waals surface area (Å²) < 4.78 is 38.7. The molecule has 4 rings (SSSR count). The number of nitrogen functional groups attached to an aromatic ring is 1. The third kappa shape index (κ3) is 5.32. The maximum atomic E-state index is 15.1. The van der Waals surface area contributed by atoms with Crippen LogP contribution in [0.2, 0.25) is 5.02 Å². The summed E-state index contributed by atoms with van der Waals surface area (Å²) in [5, 5.41) is 0.272. The molecule has 13 heteroatoms. The number of ether oxygens (including phenoxy) is 2. The lowest BCUT2D eigenvalue weighted by molar-refractivity contribution is -0.131. The van der Waals surface area contributed by atoms with Crippen LogP contribution in [0, 0.1) is 11.6 Å². The number of piperazine rings is 1. The van der Waals surface area contributed by atoms with E-state index in [1.165, 1.54) is 38.5 Å². The average molecular weight is 543 g/mol. The number of carbonyl (C=O) groups excluding carboxylic acids is 1. The number of aromatic nitrogens is 2. The molecule has 0 saturated carbocycles. The second kappa shape index (κ2) is 11.3. The highest BCUT2D eigenvalue weighted by atomic mass is 35.5. The molecule has 0 radical (unpaired) electrons. The lowest BCUT2D eigenvalue weighted by Gasteiger charge is -2.35. The van der Waals surface area contributed by atoms with Crippen LogP contribution in [-0.2, 0) is 4.79 Å². The zero-order valence-electron chi connectivity index (χ0n) is 19.6. The van der Waals surface area contributed by atoms with E-state index in [0.29, 0.717) is 37.1 Å². The summed E-state index contributed by atoms with van der Waals surface area (Å²) in [6, 6.07) is 5.09. The first-order valence-corrected chi connectivity index (χ1v) is 11.2. The van der Waals surface area contributed by atoms with E-state index >= 15 is 4.39 Å². The fourth-order valence-electron chi connectivity index (χ4n) is 4.01. The van der Waals surface area contributed by atoms with E-state index in [1.54, 1.807) is 4.90 Å². The Hall–Kier alpha value is -3.15. The van der Waals surface area contributed by atoms with Gasteiger partial charge in [0.1, 0.15) is 17.2 Å². The Kier molecular flexibility index (Phi) is 8.59. The molecule has 1 aromatic heterocycles. The zero-order chi connectivity index (χ0) is 25.3. The van der Waals surface area contributed by atoms with Gasteiger partial charge in [0.25, 0.3) is 0 Å². The summed E-state index contributed by atoms with van der Waals surface area (Å²) >= 11 is 5.82. The van der Waals surface area contributed by atoms with Crippen molar-refractivity contribution >= 4 is 52.6 Å². The largest absolute Gasteiger partial charge is 0.493 e.